The molecular weight excluding hydrogens is 151 g/mol. The average molecular weight is 158 g/mol. The molecule has 0 heterocycles. The van der Waals surface area contributed by atoms with Crippen LogP contribution in [0.5, 0.6) is 0 Å². The summed E-state index contributed by atoms with van der Waals surface area (Å²) in [6.45, 7) is 2.38. The third-order valence-corrected chi connectivity index (χ3v) is 0.704. The van der Waals surface area contributed by atoms with E-state index >= 15 is 0 Å². The van der Waals surface area contributed by atoms with Gasteiger partial charge in [0.1, 0.15) is 0 Å². The van der Waals surface area contributed by atoms with Crippen LogP contribution in [0.15, 0.2) is 0 Å². The van der Waals surface area contributed by atoms with E-state index in [-0.39, 0.29) is 17.1 Å². The average Bonchev–Trinajstić information content (AvgIpc) is 1.41. The minimum absolute atomic E-state index is 0. The second-order valence-electron chi connectivity index (χ2n) is 0.552. The smallest absolute Gasteiger partial charge is 0.179 e. The van der Waals surface area contributed by atoms with Crippen LogP contribution in [0.25, 0.3) is 0 Å². The normalized spacial score (nSPS) is 8.83. The number of hydrogen-bond acceptors (Lipinski definition) is 2. The molecule has 0 aliphatic rings. The Morgan fingerprint density at radius 2 is 2.33 bits per heavy atom. The van der Waals surface area contributed by atoms with Crippen molar-refractivity contribution in [3.63, 3.8) is 0 Å². The Morgan fingerprint density at radius 1 is 1.83 bits per heavy atom. The summed E-state index contributed by atoms with van der Waals surface area (Å²) >= 11 is 0. The van der Waals surface area contributed by atoms with Gasteiger partial charge in [-0.2, -0.15) is 0 Å². The van der Waals surface area contributed by atoms with Crippen LogP contribution >= 0.6 is 8.69 Å². The number of rotatable bonds is 2. The molecule has 0 bridgehead atoms. The monoisotopic (exact) mass is 157 g/mol. The van der Waals surface area contributed by atoms with Crippen molar-refractivity contribution in [2.45, 2.75) is 6.92 Å². The van der Waals surface area contributed by atoms with Gasteiger partial charge in [0.05, 0.1) is 6.61 Å². The van der Waals surface area contributed by atoms with Crippen molar-refractivity contribution in [3.8, 4) is 0 Å². The van der Waals surface area contributed by atoms with E-state index in [1.807, 2.05) is 6.92 Å². The van der Waals surface area contributed by atoms with Gasteiger partial charge in [-0.25, -0.2) is 0 Å². The van der Waals surface area contributed by atoms with E-state index in [2.05, 4.69) is 4.52 Å². The van der Waals surface area contributed by atoms with Gasteiger partial charge < -0.3 is 4.52 Å². The van der Waals surface area contributed by atoms with Gasteiger partial charge in [-0.05, 0) is 6.92 Å². The maximum Gasteiger partial charge on any atom is 0.179 e. The molecule has 0 rings (SSSR count). The van der Waals surface area contributed by atoms with Gasteiger partial charge in [0.25, 0.3) is 0 Å². The Labute approximate surface area is 49.0 Å². The summed E-state index contributed by atoms with van der Waals surface area (Å²) < 4.78 is 13.8. The molecule has 1 radical (unpaired) electrons. The van der Waals surface area contributed by atoms with Gasteiger partial charge in [-0.15, -0.1) is 0 Å². The molecule has 0 amide bonds. The quantitative estimate of drug-likeness (QED) is 0.436. The zero-order valence-corrected chi connectivity index (χ0v) is 5.50. The summed E-state index contributed by atoms with van der Waals surface area (Å²) in [7, 11) is -0.964. The Balaban J connectivity index is 0. The maximum atomic E-state index is 9.39. The first-order chi connectivity index (χ1) is 2.41. The predicted molar refractivity (Wildman–Crippen MR) is 22.0 cm³/mol. The third kappa shape index (κ3) is 8.83. The summed E-state index contributed by atoms with van der Waals surface area (Å²) in [6.07, 6.45) is 0. The molecule has 0 aliphatic carbocycles. The summed E-state index contributed by atoms with van der Waals surface area (Å²) in [5.74, 6) is 0. The van der Waals surface area contributed by atoms with E-state index in [1.54, 1.807) is 0 Å². The molecule has 0 fully saturated rings. The fourth-order valence-electron chi connectivity index (χ4n) is 0.0680. The fraction of sp³-hybridized carbons (Fsp3) is 1.00. The van der Waals surface area contributed by atoms with Gasteiger partial charge in [0, 0.05) is 17.1 Å². The summed E-state index contributed by atoms with van der Waals surface area (Å²) in [4.78, 5) is 0. The van der Waals surface area contributed by atoms with Crippen molar-refractivity contribution >= 4 is 8.69 Å². The maximum absolute atomic E-state index is 9.39. The standard InChI is InChI=1S/C2H7O2P.Cu/c1-2-4-5-3;/h2,5H2,1H3;. The minimum Gasteiger partial charge on any atom is -0.333 e. The van der Waals surface area contributed by atoms with Crippen molar-refractivity contribution in [2.24, 2.45) is 0 Å². The summed E-state index contributed by atoms with van der Waals surface area (Å²) in [6, 6.07) is 0. The van der Waals surface area contributed by atoms with Gasteiger partial charge in [0.15, 0.2) is 8.69 Å². The molecule has 1 unspecified atom stereocenters. The molecule has 1 atom stereocenters. The fourth-order valence-corrected chi connectivity index (χ4v) is 0.204. The van der Waals surface area contributed by atoms with E-state index in [9.17, 15) is 4.57 Å². The second kappa shape index (κ2) is 9.20. The summed E-state index contributed by atoms with van der Waals surface area (Å²) in [5, 5.41) is 0. The Morgan fingerprint density at radius 3 is 2.33 bits per heavy atom. The van der Waals surface area contributed by atoms with Crippen molar-refractivity contribution in [1.82, 2.24) is 0 Å². The topological polar surface area (TPSA) is 26.3 Å². The third-order valence-electron chi connectivity index (χ3n) is 0.235. The number of hydrogen-bond donors (Lipinski definition) is 0. The molecule has 0 saturated carbocycles. The van der Waals surface area contributed by atoms with Crippen molar-refractivity contribution in [3.05, 3.63) is 0 Å². The molecule has 0 aromatic rings. The molecular formula is C2H7CuO2P. The van der Waals surface area contributed by atoms with Crippen LogP contribution in [0.1, 0.15) is 6.92 Å². The first kappa shape index (κ1) is 9.86. The van der Waals surface area contributed by atoms with E-state index in [1.165, 1.54) is 0 Å². The predicted octanol–water partition coefficient (Wildman–Crippen LogP) is 0.692. The van der Waals surface area contributed by atoms with Crippen LogP contribution in [-0.2, 0) is 26.2 Å². The second-order valence-corrected chi connectivity index (χ2v) is 1.08. The molecule has 6 heavy (non-hydrogen) atoms. The Hall–Kier alpha value is 0.709. The van der Waals surface area contributed by atoms with Crippen molar-refractivity contribution in [2.75, 3.05) is 6.61 Å². The van der Waals surface area contributed by atoms with Crippen LogP contribution in [0.4, 0.5) is 0 Å². The molecule has 4 heteroatoms. The molecule has 0 saturated heterocycles. The zero-order chi connectivity index (χ0) is 4.12. The molecule has 2 nitrogen and oxygen atoms in total. The van der Waals surface area contributed by atoms with Gasteiger partial charge >= 0.3 is 0 Å². The van der Waals surface area contributed by atoms with Crippen molar-refractivity contribution in [1.29, 1.82) is 0 Å². The van der Waals surface area contributed by atoms with Crippen LogP contribution in [-0.4, -0.2) is 6.61 Å². The zero-order valence-electron chi connectivity index (χ0n) is 3.40. The SMILES string of the molecule is CCO[PH2]=O.[Cu]. The van der Waals surface area contributed by atoms with Crippen LogP contribution in [0.2, 0.25) is 0 Å². The molecule has 0 aliphatic heterocycles. The van der Waals surface area contributed by atoms with Gasteiger partial charge in [-0.3, -0.25) is 4.57 Å². The van der Waals surface area contributed by atoms with Crippen LogP contribution < -0.4 is 0 Å². The molecule has 0 spiro atoms. The Bertz CT molecular complexity index is 32.7. The minimum atomic E-state index is -0.964. The summed E-state index contributed by atoms with van der Waals surface area (Å²) in [5.41, 5.74) is 0. The van der Waals surface area contributed by atoms with E-state index in [4.69, 9.17) is 0 Å². The van der Waals surface area contributed by atoms with Crippen LogP contribution in [0.3, 0.4) is 0 Å². The molecule has 43 valence electrons. The largest absolute Gasteiger partial charge is 0.333 e. The molecule has 0 N–H and O–H groups in total. The molecule has 0 aromatic heterocycles. The van der Waals surface area contributed by atoms with Crippen LogP contribution in [0, 0.1) is 0 Å². The van der Waals surface area contributed by atoms with Gasteiger partial charge in [-0.1, -0.05) is 0 Å². The van der Waals surface area contributed by atoms with Gasteiger partial charge in [0.2, 0.25) is 0 Å². The van der Waals surface area contributed by atoms with E-state index in [0.717, 1.165) is 0 Å². The first-order valence-electron chi connectivity index (χ1n) is 1.47. The van der Waals surface area contributed by atoms with E-state index in [0.29, 0.717) is 6.61 Å². The Kier molecular flexibility index (Phi) is 15.1. The molecule has 0 aromatic carbocycles. The van der Waals surface area contributed by atoms with Crippen molar-refractivity contribution < 1.29 is 26.2 Å². The first-order valence-corrected chi connectivity index (χ1v) is 2.41. The van der Waals surface area contributed by atoms with E-state index < -0.39 is 8.69 Å².